The Bertz CT molecular complexity index is 242. The standard InChI is InChI=1S/C18H37.C3H6O3.Na/c1-3-5-7-9-11-13-15-17-18-16-14-12-10-8-6-4-2;1-2(4)3(5)6;/h1,3-18H2,2H3;2,4H,1H3,(H,5,6);. The summed E-state index contributed by atoms with van der Waals surface area (Å²) in [7, 11) is 0. The van der Waals surface area contributed by atoms with Crippen molar-refractivity contribution in [3.8, 4) is 0 Å². The van der Waals surface area contributed by atoms with Crippen LogP contribution in [0.5, 0.6) is 0 Å². The second kappa shape index (κ2) is 24.4. The molecule has 1 unspecified atom stereocenters. The van der Waals surface area contributed by atoms with Gasteiger partial charge in [0.05, 0.1) is 0 Å². The summed E-state index contributed by atoms with van der Waals surface area (Å²) in [6.07, 6.45) is 22.5. The first kappa shape index (κ1) is 27.6. The van der Waals surface area contributed by atoms with Crippen molar-refractivity contribution < 1.29 is 15.0 Å². The first-order valence-electron chi connectivity index (χ1n) is 11.0. The van der Waals surface area contributed by atoms with E-state index >= 15 is 0 Å². The average molecular weight is 367 g/mol. The summed E-state index contributed by atoms with van der Waals surface area (Å²) in [5.74, 6) is -1.19. The number of hydrogen-bond acceptors (Lipinski definition) is 2. The third kappa shape index (κ3) is 29.4. The van der Waals surface area contributed by atoms with Gasteiger partial charge in [0.15, 0.2) is 0 Å². The summed E-state index contributed by atoms with van der Waals surface area (Å²) in [6.45, 7) is 3.49. The Morgan fingerprint density at radius 2 is 0.960 bits per heavy atom. The Morgan fingerprint density at radius 1 is 0.720 bits per heavy atom. The van der Waals surface area contributed by atoms with Gasteiger partial charge in [-0.25, -0.2) is 4.79 Å². The van der Waals surface area contributed by atoms with Crippen LogP contribution in [0.3, 0.4) is 0 Å². The number of hydrogen-bond donors (Lipinski definition) is 2. The molecule has 0 amide bonds. The van der Waals surface area contributed by atoms with E-state index in [-0.39, 0.29) is 0 Å². The molecule has 146 valence electrons. The Morgan fingerprint density at radius 3 is 1.16 bits per heavy atom. The van der Waals surface area contributed by atoms with Crippen molar-refractivity contribution in [2.75, 3.05) is 0 Å². The van der Waals surface area contributed by atoms with Crippen molar-refractivity contribution in [3.63, 3.8) is 0 Å². The molecule has 0 aliphatic carbocycles. The van der Waals surface area contributed by atoms with Crippen molar-refractivity contribution in [2.45, 2.75) is 126 Å². The quantitative estimate of drug-likeness (QED) is 0.235. The predicted octanol–water partition coefficient (Wildman–Crippen LogP) is 6.29. The molecule has 0 aromatic rings. The molecule has 0 radical (unpaired) electrons. The molecule has 3 nitrogen and oxygen atoms in total. The summed E-state index contributed by atoms with van der Waals surface area (Å²) >= 11 is 1.41. The third-order valence-corrected chi connectivity index (χ3v) is 5.27. The number of aliphatic carboxylic acids is 1. The van der Waals surface area contributed by atoms with Crippen molar-refractivity contribution in [1.82, 2.24) is 0 Å². The van der Waals surface area contributed by atoms with Crippen molar-refractivity contribution in [2.24, 2.45) is 0 Å². The second-order valence-electron chi connectivity index (χ2n) is 7.32. The van der Waals surface area contributed by atoms with E-state index in [1.165, 1.54) is 141 Å². The van der Waals surface area contributed by atoms with Crippen molar-refractivity contribution in [3.05, 3.63) is 0 Å². The van der Waals surface area contributed by atoms with E-state index in [0.717, 1.165) is 0 Å². The van der Waals surface area contributed by atoms with E-state index in [1.807, 2.05) is 0 Å². The Hall–Kier alpha value is 0.430. The normalized spacial score (nSPS) is 11.7. The summed E-state index contributed by atoms with van der Waals surface area (Å²) in [5.41, 5.74) is 0. The molecular formula is C21H43NaO3. The van der Waals surface area contributed by atoms with Crippen LogP contribution >= 0.6 is 0 Å². The van der Waals surface area contributed by atoms with Gasteiger partial charge in [0.1, 0.15) is 6.10 Å². The minimum atomic E-state index is -1.23. The molecular weight excluding hydrogens is 323 g/mol. The number of aliphatic hydroxyl groups excluding tert-OH is 1. The molecule has 0 saturated carbocycles. The van der Waals surface area contributed by atoms with Crippen LogP contribution < -0.4 is 0 Å². The molecule has 0 aliphatic rings. The maximum absolute atomic E-state index is 9.45. The van der Waals surface area contributed by atoms with Crippen LogP contribution in [0.15, 0.2) is 0 Å². The third-order valence-electron chi connectivity index (χ3n) is 4.56. The molecule has 0 saturated heterocycles. The van der Waals surface area contributed by atoms with Gasteiger partial charge < -0.3 is 10.2 Å². The van der Waals surface area contributed by atoms with Crippen molar-refractivity contribution >= 4 is 33.9 Å². The van der Waals surface area contributed by atoms with Gasteiger partial charge in [0, 0.05) is 0 Å². The van der Waals surface area contributed by atoms with Gasteiger partial charge >= 0.3 is 108 Å². The molecule has 1 atom stereocenters. The van der Waals surface area contributed by atoms with Crippen LogP contribution in [0.25, 0.3) is 0 Å². The zero-order valence-electron chi connectivity index (χ0n) is 17.4. The molecule has 0 aromatic carbocycles. The number of rotatable bonds is 17. The number of carboxylic acids is 1. The topological polar surface area (TPSA) is 57.5 Å². The SMILES string of the molecule is CC(O)C(=O)O.CCCCCCCCCCCCCCCCC[CH2][Na]. The zero-order valence-corrected chi connectivity index (χ0v) is 19.4. The van der Waals surface area contributed by atoms with Crippen LogP contribution in [0.2, 0.25) is 3.67 Å². The number of aliphatic hydroxyl groups is 1. The molecule has 0 aliphatic heterocycles. The Balaban J connectivity index is 0. The zero-order chi connectivity index (χ0) is 19.2. The van der Waals surface area contributed by atoms with E-state index in [9.17, 15) is 4.79 Å². The summed E-state index contributed by atoms with van der Waals surface area (Å²) in [6, 6.07) is 0. The van der Waals surface area contributed by atoms with E-state index in [2.05, 4.69) is 6.92 Å². The summed E-state index contributed by atoms with van der Waals surface area (Å²) < 4.78 is 1.51. The number of carboxylic acid groups (broad SMARTS) is 1. The van der Waals surface area contributed by atoms with E-state index in [0.29, 0.717) is 0 Å². The van der Waals surface area contributed by atoms with Crippen LogP contribution in [0.4, 0.5) is 0 Å². The molecule has 0 aromatic heterocycles. The summed E-state index contributed by atoms with van der Waals surface area (Å²) in [5, 5.41) is 15.8. The van der Waals surface area contributed by atoms with Gasteiger partial charge in [-0.3, -0.25) is 0 Å². The first-order chi connectivity index (χ1) is 12.1. The van der Waals surface area contributed by atoms with Gasteiger partial charge in [-0.15, -0.1) is 0 Å². The average Bonchev–Trinajstić information content (AvgIpc) is 2.59. The molecule has 0 bridgehead atoms. The van der Waals surface area contributed by atoms with Gasteiger partial charge in [0.2, 0.25) is 0 Å². The van der Waals surface area contributed by atoms with Crippen LogP contribution in [-0.2, 0) is 4.79 Å². The predicted molar refractivity (Wildman–Crippen MR) is 109 cm³/mol. The molecule has 0 rings (SSSR count). The molecule has 0 fully saturated rings. The maximum atomic E-state index is 9.45. The number of unbranched alkanes of at least 4 members (excludes halogenated alkanes) is 15. The fourth-order valence-electron chi connectivity index (χ4n) is 2.80. The van der Waals surface area contributed by atoms with Crippen LogP contribution in [0.1, 0.15) is 117 Å². The minimum absolute atomic E-state index is 1.19. The molecule has 4 heteroatoms. The summed E-state index contributed by atoms with van der Waals surface area (Å²) in [4.78, 5) is 9.45. The fourth-order valence-corrected chi connectivity index (χ4v) is 3.30. The van der Waals surface area contributed by atoms with E-state index in [1.54, 1.807) is 0 Å². The molecule has 25 heavy (non-hydrogen) atoms. The van der Waals surface area contributed by atoms with Gasteiger partial charge in [-0.1, -0.05) is 39.0 Å². The second-order valence-corrected chi connectivity index (χ2v) is 8.32. The Labute approximate surface area is 174 Å². The fraction of sp³-hybridized carbons (Fsp3) is 0.952. The van der Waals surface area contributed by atoms with Crippen molar-refractivity contribution in [1.29, 1.82) is 0 Å². The molecule has 2 N–H and O–H groups in total. The van der Waals surface area contributed by atoms with Gasteiger partial charge in [-0.2, -0.15) is 0 Å². The van der Waals surface area contributed by atoms with Gasteiger partial charge in [-0.05, 0) is 6.92 Å². The Kier molecular flexibility index (Phi) is 27.0. The number of carbonyl (C=O) groups is 1. The molecule has 0 spiro atoms. The van der Waals surface area contributed by atoms with E-state index in [4.69, 9.17) is 10.2 Å². The van der Waals surface area contributed by atoms with Gasteiger partial charge in [0.25, 0.3) is 0 Å². The van der Waals surface area contributed by atoms with Crippen LogP contribution in [0, 0.1) is 0 Å². The first-order valence-corrected chi connectivity index (χ1v) is 12.4. The molecule has 0 heterocycles. The van der Waals surface area contributed by atoms with Crippen LogP contribution in [-0.4, -0.2) is 50.2 Å². The van der Waals surface area contributed by atoms with E-state index < -0.39 is 12.1 Å². The monoisotopic (exact) mass is 366 g/mol.